The van der Waals surface area contributed by atoms with Gasteiger partial charge in [0.25, 0.3) is 0 Å². The topological polar surface area (TPSA) is 99.3 Å². The van der Waals surface area contributed by atoms with Crippen LogP contribution in [-0.2, 0) is 4.79 Å². The maximum Gasteiger partial charge on any atom is 0.239 e. The summed E-state index contributed by atoms with van der Waals surface area (Å²) in [6, 6.07) is 9.39. The number of hydrogen-bond acceptors (Lipinski definition) is 7. The largest absolute Gasteiger partial charge is 0.495 e. The summed E-state index contributed by atoms with van der Waals surface area (Å²) in [5.41, 5.74) is 5.57. The summed E-state index contributed by atoms with van der Waals surface area (Å²) >= 11 is 6.23. The smallest absolute Gasteiger partial charge is 0.239 e. The van der Waals surface area contributed by atoms with E-state index in [-0.39, 0.29) is 5.91 Å². The molecule has 5 heterocycles. The average Bonchev–Trinajstić information content (AvgIpc) is 3.24. The fourth-order valence-corrected chi connectivity index (χ4v) is 4.62. The van der Waals surface area contributed by atoms with Gasteiger partial charge in [-0.1, -0.05) is 11.6 Å². The first kappa shape index (κ1) is 24.2. The predicted octanol–water partition coefficient (Wildman–Crippen LogP) is 3.84. The number of rotatable bonds is 6. The molecule has 0 spiro atoms. The van der Waals surface area contributed by atoms with E-state index in [9.17, 15) is 4.79 Å². The van der Waals surface area contributed by atoms with Gasteiger partial charge in [-0.3, -0.25) is 14.7 Å². The van der Waals surface area contributed by atoms with Gasteiger partial charge in [-0.2, -0.15) is 0 Å². The summed E-state index contributed by atoms with van der Waals surface area (Å²) in [4.78, 5) is 34.3. The number of hydrogen-bond donors (Lipinski definition) is 2. The summed E-state index contributed by atoms with van der Waals surface area (Å²) in [6.07, 6.45) is 3.31. The van der Waals surface area contributed by atoms with E-state index in [0.29, 0.717) is 23.1 Å². The number of likely N-dealkylation sites (N-methyl/N-ethyl adjacent to an activating group) is 1. The van der Waals surface area contributed by atoms with Gasteiger partial charge in [-0.05, 0) is 44.3 Å². The Hall–Kier alpha value is -3.53. The number of amides is 1. The number of H-pyrrole nitrogens is 1. The maximum atomic E-state index is 12.7. The molecule has 0 bridgehead atoms. The molecule has 1 amide bonds. The average molecular weight is 506 g/mol. The van der Waals surface area contributed by atoms with E-state index in [1.807, 2.05) is 37.3 Å². The molecule has 186 valence electrons. The van der Waals surface area contributed by atoms with Crippen LogP contribution in [0.2, 0.25) is 5.02 Å². The van der Waals surface area contributed by atoms with Crippen LogP contribution >= 0.6 is 11.6 Å². The molecule has 1 fully saturated rings. The third-order valence-corrected chi connectivity index (χ3v) is 6.60. The van der Waals surface area contributed by atoms with Crippen LogP contribution in [0.15, 0.2) is 42.7 Å². The van der Waals surface area contributed by atoms with E-state index in [4.69, 9.17) is 21.3 Å². The number of aromatic nitrogens is 4. The van der Waals surface area contributed by atoms with Crippen molar-refractivity contribution in [2.45, 2.75) is 6.92 Å². The molecular weight excluding hydrogens is 478 g/mol. The van der Waals surface area contributed by atoms with Crippen LogP contribution in [-0.4, -0.2) is 82.5 Å². The minimum absolute atomic E-state index is 0.0815. The lowest BCUT2D eigenvalue weighted by molar-refractivity contribution is -0.117. The highest BCUT2D eigenvalue weighted by molar-refractivity contribution is 6.31. The van der Waals surface area contributed by atoms with Crippen molar-refractivity contribution in [3.05, 3.63) is 53.4 Å². The lowest BCUT2D eigenvalue weighted by Crippen LogP contribution is -2.47. The minimum Gasteiger partial charge on any atom is -0.495 e. The van der Waals surface area contributed by atoms with Crippen molar-refractivity contribution in [3.8, 4) is 28.3 Å². The van der Waals surface area contributed by atoms with Crippen LogP contribution in [0.5, 0.6) is 5.75 Å². The van der Waals surface area contributed by atoms with Crippen molar-refractivity contribution in [1.29, 1.82) is 0 Å². The second kappa shape index (κ2) is 10.2. The number of ether oxygens (including phenoxy) is 1. The SMILES string of the molecule is COc1ccc(-c2c(-c3ccnc(NC(=O)CN4CCN(C)CC4)c3)[nH]c3cc(Cl)cnc23)nc1C. The number of carbonyl (C=O) groups is 1. The van der Waals surface area contributed by atoms with Gasteiger partial charge in [0.1, 0.15) is 11.6 Å². The zero-order valence-corrected chi connectivity index (χ0v) is 21.3. The molecule has 0 saturated carbocycles. The van der Waals surface area contributed by atoms with Crippen LogP contribution in [0.25, 0.3) is 33.5 Å². The van der Waals surface area contributed by atoms with Crippen LogP contribution in [0.4, 0.5) is 5.82 Å². The first-order valence-corrected chi connectivity index (χ1v) is 12.2. The Morgan fingerprint density at radius 3 is 2.72 bits per heavy atom. The molecule has 1 saturated heterocycles. The number of methoxy groups -OCH3 is 1. The molecule has 4 aromatic heterocycles. The molecule has 0 aliphatic carbocycles. The summed E-state index contributed by atoms with van der Waals surface area (Å²) in [5, 5.41) is 3.48. The van der Waals surface area contributed by atoms with Crippen molar-refractivity contribution >= 4 is 34.4 Å². The number of pyridine rings is 3. The second-order valence-electron chi connectivity index (χ2n) is 8.97. The van der Waals surface area contributed by atoms with Gasteiger partial charge >= 0.3 is 0 Å². The Kier molecular flexibility index (Phi) is 6.86. The number of nitrogens with zero attached hydrogens (tertiary/aromatic N) is 5. The lowest BCUT2D eigenvalue weighted by atomic mass is 10.0. The number of aryl methyl sites for hydroxylation is 1. The highest BCUT2D eigenvalue weighted by Crippen LogP contribution is 2.38. The van der Waals surface area contributed by atoms with Gasteiger partial charge < -0.3 is 19.9 Å². The highest BCUT2D eigenvalue weighted by Gasteiger charge is 2.20. The van der Waals surface area contributed by atoms with Gasteiger partial charge in [0.15, 0.2) is 0 Å². The molecule has 10 heteroatoms. The molecule has 9 nitrogen and oxygen atoms in total. The molecule has 0 unspecified atom stereocenters. The molecule has 0 aromatic carbocycles. The predicted molar refractivity (Wildman–Crippen MR) is 141 cm³/mol. The van der Waals surface area contributed by atoms with Crippen LogP contribution in [0, 0.1) is 6.92 Å². The number of carbonyl (C=O) groups excluding carboxylic acids is 1. The van der Waals surface area contributed by atoms with Gasteiger partial charge in [-0.15, -0.1) is 0 Å². The molecular formula is C26H28ClN7O2. The second-order valence-corrected chi connectivity index (χ2v) is 9.40. The van der Waals surface area contributed by atoms with Gasteiger partial charge in [0.2, 0.25) is 5.91 Å². The van der Waals surface area contributed by atoms with Crippen molar-refractivity contribution in [2.24, 2.45) is 0 Å². The third kappa shape index (κ3) is 5.04. The summed E-state index contributed by atoms with van der Waals surface area (Å²) in [7, 11) is 3.72. The van der Waals surface area contributed by atoms with E-state index in [0.717, 1.165) is 65.4 Å². The summed E-state index contributed by atoms with van der Waals surface area (Å²) < 4.78 is 5.39. The molecule has 2 N–H and O–H groups in total. The van der Waals surface area contributed by atoms with Gasteiger partial charge in [0.05, 0.1) is 52.4 Å². The van der Waals surface area contributed by atoms with Crippen molar-refractivity contribution in [3.63, 3.8) is 0 Å². The standard InChI is InChI=1S/C26H28ClN7O2/c1-16-21(36-3)5-4-19(30-16)24-25(31-20-13-18(27)14-29-26(20)24)17-6-7-28-22(12-17)32-23(35)15-34-10-8-33(2)9-11-34/h4-7,12-14,31H,8-11,15H2,1-3H3,(H,28,32,35). The van der Waals surface area contributed by atoms with E-state index in [1.54, 1.807) is 19.5 Å². The minimum atomic E-state index is -0.0815. The maximum absolute atomic E-state index is 12.7. The first-order chi connectivity index (χ1) is 17.4. The molecule has 1 aliphatic heterocycles. The number of aromatic amines is 1. The monoisotopic (exact) mass is 505 g/mol. The Balaban J connectivity index is 1.48. The first-order valence-electron chi connectivity index (χ1n) is 11.8. The Bertz CT molecular complexity index is 1410. The number of halogens is 1. The Morgan fingerprint density at radius 2 is 1.97 bits per heavy atom. The molecule has 0 radical (unpaired) electrons. The molecule has 36 heavy (non-hydrogen) atoms. The molecule has 1 aliphatic rings. The highest BCUT2D eigenvalue weighted by atomic mass is 35.5. The van der Waals surface area contributed by atoms with E-state index in [1.165, 1.54) is 0 Å². The number of nitrogens with one attached hydrogen (secondary N) is 2. The summed E-state index contributed by atoms with van der Waals surface area (Å²) in [6.45, 7) is 5.91. The van der Waals surface area contributed by atoms with Crippen LogP contribution in [0.1, 0.15) is 5.69 Å². The Morgan fingerprint density at radius 1 is 1.17 bits per heavy atom. The summed E-state index contributed by atoms with van der Waals surface area (Å²) in [5.74, 6) is 1.12. The number of piperazine rings is 1. The number of fused-ring (bicyclic) bond motifs is 1. The van der Waals surface area contributed by atoms with E-state index >= 15 is 0 Å². The van der Waals surface area contributed by atoms with Gasteiger partial charge in [0, 0.05) is 44.1 Å². The lowest BCUT2D eigenvalue weighted by Gasteiger charge is -2.31. The molecule has 5 rings (SSSR count). The Labute approximate surface area is 214 Å². The molecule has 4 aromatic rings. The van der Waals surface area contributed by atoms with Crippen molar-refractivity contribution in [1.82, 2.24) is 29.7 Å². The quantitative estimate of drug-likeness (QED) is 0.410. The van der Waals surface area contributed by atoms with E-state index in [2.05, 4.69) is 37.1 Å². The van der Waals surface area contributed by atoms with Crippen LogP contribution in [0.3, 0.4) is 0 Å². The zero-order chi connectivity index (χ0) is 25.2. The van der Waals surface area contributed by atoms with E-state index < -0.39 is 0 Å². The molecule has 0 atom stereocenters. The number of anilines is 1. The fraction of sp³-hybridized carbons (Fsp3) is 0.308. The normalized spacial score (nSPS) is 14.8. The fourth-order valence-electron chi connectivity index (χ4n) is 4.46. The zero-order valence-electron chi connectivity index (χ0n) is 20.5. The van der Waals surface area contributed by atoms with Crippen LogP contribution < -0.4 is 10.1 Å². The van der Waals surface area contributed by atoms with Gasteiger partial charge in [-0.25, -0.2) is 9.97 Å². The van der Waals surface area contributed by atoms with Crippen molar-refractivity contribution < 1.29 is 9.53 Å². The van der Waals surface area contributed by atoms with Crippen molar-refractivity contribution in [2.75, 3.05) is 52.2 Å². The third-order valence-electron chi connectivity index (χ3n) is 6.39.